The molecule has 2 N–H and O–H groups in total. The largest absolute Gasteiger partial charge is 0.352 e. The van der Waals surface area contributed by atoms with E-state index >= 15 is 0 Å². The van der Waals surface area contributed by atoms with Crippen LogP contribution in [0.1, 0.15) is 34.8 Å². The lowest BCUT2D eigenvalue weighted by molar-refractivity contribution is -0.112. The number of piperazine rings is 1. The van der Waals surface area contributed by atoms with Crippen molar-refractivity contribution in [2.45, 2.75) is 25.2 Å². The molecule has 0 radical (unpaired) electrons. The summed E-state index contributed by atoms with van der Waals surface area (Å²) < 4.78 is 0. The van der Waals surface area contributed by atoms with Gasteiger partial charge in [0, 0.05) is 43.2 Å². The molecule has 0 saturated carbocycles. The van der Waals surface area contributed by atoms with Gasteiger partial charge in [-0.25, -0.2) is 0 Å². The number of nitrogens with one attached hydrogen (secondary N) is 2. The highest BCUT2D eigenvalue weighted by atomic mass is 32.2. The van der Waals surface area contributed by atoms with E-state index in [9.17, 15) is 9.59 Å². The monoisotopic (exact) mass is 464 g/mol. The predicted molar refractivity (Wildman–Crippen MR) is 136 cm³/mol. The molecule has 2 amide bonds. The molecule has 4 rings (SSSR count). The minimum atomic E-state index is -0.144. The third kappa shape index (κ3) is 6.25. The quantitative estimate of drug-likeness (QED) is 0.482. The SMILES string of the molecule is CCN1CCN(CCCNC(=O)c2ccc3c(c2)NC(=O)/C(=C\c2cccc(C)c2)S3)CC1. The maximum absolute atomic E-state index is 12.6. The van der Waals surface area contributed by atoms with Crippen molar-refractivity contribution in [3.8, 4) is 0 Å². The van der Waals surface area contributed by atoms with Crippen molar-refractivity contribution in [2.75, 3.05) is 51.1 Å². The maximum Gasteiger partial charge on any atom is 0.262 e. The summed E-state index contributed by atoms with van der Waals surface area (Å²) in [6.45, 7) is 11.5. The molecular formula is C26H32N4O2S. The van der Waals surface area contributed by atoms with Gasteiger partial charge in [0.1, 0.15) is 0 Å². The predicted octanol–water partition coefficient (Wildman–Crippen LogP) is 3.84. The van der Waals surface area contributed by atoms with E-state index in [2.05, 4.69) is 33.4 Å². The molecule has 2 aliphatic heterocycles. The lowest BCUT2D eigenvalue weighted by Crippen LogP contribution is -2.46. The Bertz CT molecular complexity index is 1040. The van der Waals surface area contributed by atoms with Crippen molar-refractivity contribution < 1.29 is 9.59 Å². The highest BCUT2D eigenvalue weighted by Crippen LogP contribution is 2.39. The van der Waals surface area contributed by atoms with E-state index in [1.165, 1.54) is 11.8 Å². The number of carbonyl (C=O) groups is 2. The minimum Gasteiger partial charge on any atom is -0.352 e. The first-order chi connectivity index (χ1) is 16.0. The number of benzene rings is 2. The Morgan fingerprint density at radius 1 is 1.12 bits per heavy atom. The summed E-state index contributed by atoms with van der Waals surface area (Å²) in [7, 11) is 0. The molecule has 2 heterocycles. The Kier molecular flexibility index (Phi) is 7.85. The van der Waals surface area contributed by atoms with Gasteiger partial charge in [0.15, 0.2) is 0 Å². The zero-order valence-corrected chi connectivity index (χ0v) is 20.2. The normalized spacial score (nSPS) is 18.1. The first-order valence-electron chi connectivity index (χ1n) is 11.7. The standard InChI is InChI=1S/C26H32N4O2S/c1-3-29-12-14-30(15-13-29)11-5-10-27-25(31)21-8-9-23-22(18-21)28-26(32)24(33-23)17-20-7-4-6-19(2)16-20/h4,6-9,16-18H,3,5,10-15H2,1-2H3,(H,27,31)(H,28,32)/b24-17+. The highest BCUT2D eigenvalue weighted by Gasteiger charge is 2.22. The highest BCUT2D eigenvalue weighted by molar-refractivity contribution is 8.04. The van der Waals surface area contributed by atoms with Crippen LogP contribution in [0.4, 0.5) is 5.69 Å². The summed E-state index contributed by atoms with van der Waals surface area (Å²) in [5.74, 6) is -0.247. The van der Waals surface area contributed by atoms with Crippen molar-refractivity contribution in [3.63, 3.8) is 0 Å². The fourth-order valence-corrected chi connectivity index (χ4v) is 5.08. The lowest BCUT2D eigenvalue weighted by atomic mass is 10.1. The number of carbonyl (C=O) groups excluding carboxylic acids is 2. The van der Waals surface area contributed by atoms with Crippen LogP contribution in [0, 0.1) is 6.92 Å². The van der Waals surface area contributed by atoms with E-state index < -0.39 is 0 Å². The second-order valence-corrected chi connectivity index (χ2v) is 9.66. The number of anilines is 1. The summed E-state index contributed by atoms with van der Waals surface area (Å²) in [6, 6.07) is 13.6. The van der Waals surface area contributed by atoms with Crippen LogP contribution in [-0.2, 0) is 4.79 Å². The summed E-state index contributed by atoms with van der Waals surface area (Å²) >= 11 is 1.43. The molecule has 6 nitrogen and oxygen atoms in total. The van der Waals surface area contributed by atoms with Crippen molar-refractivity contribution in [3.05, 3.63) is 64.1 Å². The molecule has 174 valence electrons. The summed E-state index contributed by atoms with van der Waals surface area (Å²) in [5, 5.41) is 5.96. The Hall–Kier alpha value is -2.61. The third-order valence-electron chi connectivity index (χ3n) is 6.12. The van der Waals surface area contributed by atoms with Gasteiger partial charge in [0.2, 0.25) is 0 Å². The topological polar surface area (TPSA) is 64.7 Å². The zero-order valence-electron chi connectivity index (χ0n) is 19.4. The zero-order chi connectivity index (χ0) is 23.2. The lowest BCUT2D eigenvalue weighted by Gasteiger charge is -2.33. The number of fused-ring (bicyclic) bond motifs is 1. The molecule has 1 saturated heterocycles. The van der Waals surface area contributed by atoms with E-state index in [1.807, 2.05) is 43.3 Å². The maximum atomic E-state index is 12.6. The Balaban J connectivity index is 1.30. The van der Waals surface area contributed by atoms with Gasteiger partial charge >= 0.3 is 0 Å². The van der Waals surface area contributed by atoms with Crippen molar-refractivity contribution in [2.24, 2.45) is 0 Å². The number of thioether (sulfide) groups is 1. The fraction of sp³-hybridized carbons (Fsp3) is 0.385. The van der Waals surface area contributed by atoms with E-state index in [1.54, 1.807) is 6.07 Å². The second kappa shape index (κ2) is 11.0. The average Bonchev–Trinajstić information content (AvgIpc) is 2.82. The van der Waals surface area contributed by atoms with Crippen LogP contribution in [0.2, 0.25) is 0 Å². The molecule has 2 aliphatic rings. The van der Waals surface area contributed by atoms with Gasteiger partial charge < -0.3 is 20.4 Å². The van der Waals surface area contributed by atoms with Gasteiger partial charge in [0.05, 0.1) is 10.6 Å². The molecule has 7 heteroatoms. The van der Waals surface area contributed by atoms with Gasteiger partial charge in [-0.3, -0.25) is 9.59 Å². The number of hydrogen-bond donors (Lipinski definition) is 2. The Labute approximate surface area is 200 Å². The van der Waals surface area contributed by atoms with Gasteiger partial charge in [-0.05, 0) is 56.3 Å². The number of nitrogens with zero attached hydrogens (tertiary/aromatic N) is 2. The van der Waals surface area contributed by atoms with Gasteiger partial charge in [0.25, 0.3) is 11.8 Å². The molecule has 0 spiro atoms. The molecule has 0 unspecified atom stereocenters. The summed E-state index contributed by atoms with van der Waals surface area (Å²) in [5.41, 5.74) is 3.41. The fourth-order valence-electron chi connectivity index (χ4n) is 4.15. The molecule has 2 aromatic rings. The second-order valence-electron chi connectivity index (χ2n) is 8.58. The van der Waals surface area contributed by atoms with Crippen LogP contribution in [0.15, 0.2) is 52.3 Å². The molecule has 0 aromatic heterocycles. The van der Waals surface area contributed by atoms with E-state index in [0.29, 0.717) is 22.7 Å². The molecule has 1 fully saturated rings. The number of hydrogen-bond acceptors (Lipinski definition) is 5. The number of rotatable bonds is 7. The Morgan fingerprint density at radius 2 is 1.91 bits per heavy atom. The van der Waals surface area contributed by atoms with E-state index in [0.717, 1.165) is 61.7 Å². The van der Waals surface area contributed by atoms with E-state index in [4.69, 9.17) is 0 Å². The van der Waals surface area contributed by atoms with Gasteiger partial charge in [-0.1, -0.05) is 48.5 Å². The van der Waals surface area contributed by atoms with Crippen LogP contribution in [-0.4, -0.2) is 67.4 Å². The van der Waals surface area contributed by atoms with E-state index in [-0.39, 0.29) is 11.8 Å². The number of likely N-dealkylation sites (N-methyl/N-ethyl adjacent to an activating group) is 1. The van der Waals surface area contributed by atoms with Gasteiger partial charge in [-0.2, -0.15) is 0 Å². The van der Waals surface area contributed by atoms with Gasteiger partial charge in [-0.15, -0.1) is 0 Å². The summed E-state index contributed by atoms with van der Waals surface area (Å²) in [4.78, 5) is 31.8. The number of amides is 2. The minimum absolute atomic E-state index is 0.103. The Morgan fingerprint density at radius 3 is 2.67 bits per heavy atom. The molecule has 0 aliphatic carbocycles. The first kappa shape index (κ1) is 23.5. The summed E-state index contributed by atoms with van der Waals surface area (Å²) in [6.07, 6.45) is 2.83. The van der Waals surface area contributed by atoms with Crippen LogP contribution < -0.4 is 10.6 Å². The average molecular weight is 465 g/mol. The number of aryl methyl sites for hydroxylation is 1. The molecular weight excluding hydrogens is 432 g/mol. The van der Waals surface area contributed by atoms with Crippen LogP contribution in [0.25, 0.3) is 6.08 Å². The third-order valence-corrected chi connectivity index (χ3v) is 7.22. The van der Waals surface area contributed by atoms with Crippen molar-refractivity contribution in [1.82, 2.24) is 15.1 Å². The van der Waals surface area contributed by atoms with Crippen molar-refractivity contribution in [1.29, 1.82) is 0 Å². The molecule has 0 bridgehead atoms. The molecule has 2 aromatic carbocycles. The smallest absolute Gasteiger partial charge is 0.262 e. The first-order valence-corrected chi connectivity index (χ1v) is 12.5. The molecule has 33 heavy (non-hydrogen) atoms. The van der Waals surface area contributed by atoms with Crippen molar-refractivity contribution >= 4 is 35.3 Å². The van der Waals surface area contributed by atoms with Crippen LogP contribution >= 0.6 is 11.8 Å². The van der Waals surface area contributed by atoms with Crippen LogP contribution in [0.5, 0.6) is 0 Å². The van der Waals surface area contributed by atoms with Crippen LogP contribution in [0.3, 0.4) is 0 Å². The molecule has 0 atom stereocenters.